The standard InChI is InChI=1S/C11H20O3/c1-3-9-6-4-5-7-11(9,14)8(2)10(12)13/h8-9,14H,3-7H2,1-2H3,(H,12,13). The Balaban J connectivity index is 2.81. The van der Waals surface area contributed by atoms with Crippen LogP contribution in [0.2, 0.25) is 0 Å². The number of hydrogen-bond acceptors (Lipinski definition) is 2. The molecule has 0 saturated heterocycles. The molecule has 0 amide bonds. The molecule has 0 aromatic rings. The summed E-state index contributed by atoms with van der Waals surface area (Å²) in [7, 11) is 0. The highest BCUT2D eigenvalue weighted by molar-refractivity contribution is 5.71. The number of aliphatic carboxylic acids is 1. The summed E-state index contributed by atoms with van der Waals surface area (Å²) in [6.45, 7) is 3.64. The summed E-state index contributed by atoms with van der Waals surface area (Å²) in [6.07, 6.45) is 4.54. The quantitative estimate of drug-likeness (QED) is 0.733. The molecule has 14 heavy (non-hydrogen) atoms. The lowest BCUT2D eigenvalue weighted by Gasteiger charge is -2.42. The van der Waals surface area contributed by atoms with Gasteiger partial charge in [0.25, 0.3) is 0 Å². The average molecular weight is 200 g/mol. The second-order valence-corrected chi connectivity index (χ2v) is 4.40. The Morgan fingerprint density at radius 1 is 1.57 bits per heavy atom. The first-order chi connectivity index (χ1) is 6.52. The van der Waals surface area contributed by atoms with Crippen LogP contribution in [-0.2, 0) is 4.79 Å². The Bertz CT molecular complexity index is 215. The van der Waals surface area contributed by atoms with Gasteiger partial charge in [0.15, 0.2) is 0 Å². The fourth-order valence-electron chi connectivity index (χ4n) is 2.59. The highest BCUT2D eigenvalue weighted by Crippen LogP contribution is 2.40. The van der Waals surface area contributed by atoms with Crippen LogP contribution in [-0.4, -0.2) is 21.8 Å². The lowest BCUT2D eigenvalue weighted by atomic mass is 9.68. The summed E-state index contributed by atoms with van der Waals surface area (Å²) in [5.41, 5.74) is -0.973. The zero-order chi connectivity index (χ0) is 10.8. The first kappa shape index (κ1) is 11.5. The van der Waals surface area contributed by atoms with Gasteiger partial charge in [0.1, 0.15) is 0 Å². The maximum atomic E-state index is 10.9. The van der Waals surface area contributed by atoms with Crippen molar-refractivity contribution < 1.29 is 15.0 Å². The second kappa shape index (κ2) is 4.30. The van der Waals surface area contributed by atoms with Crippen LogP contribution in [0.3, 0.4) is 0 Å². The Labute approximate surface area is 85.1 Å². The minimum Gasteiger partial charge on any atom is -0.481 e. The molecule has 0 aromatic heterocycles. The van der Waals surface area contributed by atoms with Gasteiger partial charge in [0.2, 0.25) is 0 Å². The van der Waals surface area contributed by atoms with E-state index in [0.29, 0.717) is 6.42 Å². The van der Waals surface area contributed by atoms with Crippen molar-refractivity contribution in [2.75, 3.05) is 0 Å². The molecule has 0 bridgehead atoms. The van der Waals surface area contributed by atoms with Gasteiger partial charge in [-0.25, -0.2) is 0 Å². The zero-order valence-electron chi connectivity index (χ0n) is 8.99. The lowest BCUT2D eigenvalue weighted by Crippen LogP contribution is -2.48. The van der Waals surface area contributed by atoms with Crippen LogP contribution in [0.1, 0.15) is 46.0 Å². The summed E-state index contributed by atoms with van der Waals surface area (Å²) in [5, 5.41) is 19.3. The largest absolute Gasteiger partial charge is 0.481 e. The van der Waals surface area contributed by atoms with Crippen molar-refractivity contribution in [3.63, 3.8) is 0 Å². The molecule has 1 saturated carbocycles. The molecule has 2 N–H and O–H groups in total. The van der Waals surface area contributed by atoms with Crippen molar-refractivity contribution in [1.82, 2.24) is 0 Å². The second-order valence-electron chi connectivity index (χ2n) is 4.40. The minimum atomic E-state index is -0.973. The number of carboxylic acid groups (broad SMARTS) is 1. The van der Waals surface area contributed by atoms with Gasteiger partial charge in [-0.15, -0.1) is 0 Å². The molecule has 1 fully saturated rings. The molecule has 0 aliphatic heterocycles. The number of carboxylic acids is 1. The molecule has 1 rings (SSSR count). The van der Waals surface area contributed by atoms with Gasteiger partial charge in [-0.3, -0.25) is 4.79 Å². The molecule has 3 atom stereocenters. The van der Waals surface area contributed by atoms with Crippen LogP contribution in [0, 0.1) is 11.8 Å². The van der Waals surface area contributed by atoms with E-state index >= 15 is 0 Å². The molecule has 3 unspecified atom stereocenters. The molecule has 3 heteroatoms. The van der Waals surface area contributed by atoms with Crippen molar-refractivity contribution in [3.05, 3.63) is 0 Å². The van der Waals surface area contributed by atoms with Crippen LogP contribution in [0.25, 0.3) is 0 Å². The van der Waals surface area contributed by atoms with Gasteiger partial charge in [0, 0.05) is 0 Å². The summed E-state index contributed by atoms with van der Waals surface area (Å²) in [6, 6.07) is 0. The van der Waals surface area contributed by atoms with Gasteiger partial charge in [0.05, 0.1) is 11.5 Å². The molecular weight excluding hydrogens is 180 g/mol. The summed E-state index contributed by atoms with van der Waals surface area (Å²) in [5.74, 6) is -1.37. The number of rotatable bonds is 3. The van der Waals surface area contributed by atoms with Gasteiger partial charge in [-0.05, 0) is 25.7 Å². The molecule has 1 aliphatic rings. The third-order valence-corrected chi connectivity index (χ3v) is 3.70. The molecule has 0 spiro atoms. The predicted octanol–water partition coefficient (Wildman–Crippen LogP) is 2.04. The fourth-order valence-corrected chi connectivity index (χ4v) is 2.59. The van der Waals surface area contributed by atoms with E-state index in [1.54, 1.807) is 6.92 Å². The fraction of sp³-hybridized carbons (Fsp3) is 0.909. The predicted molar refractivity (Wildman–Crippen MR) is 54.0 cm³/mol. The Morgan fingerprint density at radius 2 is 2.21 bits per heavy atom. The number of aliphatic hydroxyl groups is 1. The van der Waals surface area contributed by atoms with Crippen molar-refractivity contribution in [3.8, 4) is 0 Å². The number of carbonyl (C=O) groups is 1. The maximum absolute atomic E-state index is 10.9. The maximum Gasteiger partial charge on any atom is 0.309 e. The smallest absolute Gasteiger partial charge is 0.309 e. The molecule has 82 valence electrons. The molecule has 0 heterocycles. The lowest BCUT2D eigenvalue weighted by molar-refractivity contribution is -0.159. The average Bonchev–Trinajstić information content (AvgIpc) is 2.17. The van der Waals surface area contributed by atoms with E-state index < -0.39 is 17.5 Å². The Morgan fingerprint density at radius 3 is 2.71 bits per heavy atom. The van der Waals surface area contributed by atoms with E-state index in [-0.39, 0.29) is 5.92 Å². The van der Waals surface area contributed by atoms with Crippen LogP contribution in [0.15, 0.2) is 0 Å². The highest BCUT2D eigenvalue weighted by atomic mass is 16.4. The zero-order valence-corrected chi connectivity index (χ0v) is 8.99. The van der Waals surface area contributed by atoms with E-state index in [1.165, 1.54) is 0 Å². The van der Waals surface area contributed by atoms with Crippen LogP contribution in [0.5, 0.6) is 0 Å². The van der Waals surface area contributed by atoms with Crippen molar-refractivity contribution in [2.24, 2.45) is 11.8 Å². The molecule has 1 aliphatic carbocycles. The normalized spacial score (nSPS) is 35.2. The van der Waals surface area contributed by atoms with Gasteiger partial charge >= 0.3 is 5.97 Å². The molecule has 0 radical (unpaired) electrons. The van der Waals surface area contributed by atoms with Gasteiger partial charge < -0.3 is 10.2 Å². The summed E-state index contributed by atoms with van der Waals surface area (Å²) >= 11 is 0. The highest BCUT2D eigenvalue weighted by Gasteiger charge is 2.45. The van der Waals surface area contributed by atoms with E-state index in [9.17, 15) is 9.90 Å². The number of hydrogen-bond donors (Lipinski definition) is 2. The van der Waals surface area contributed by atoms with Crippen molar-refractivity contribution in [2.45, 2.75) is 51.6 Å². The van der Waals surface area contributed by atoms with E-state index in [0.717, 1.165) is 25.7 Å². The van der Waals surface area contributed by atoms with E-state index in [2.05, 4.69) is 0 Å². The van der Waals surface area contributed by atoms with Gasteiger partial charge in [-0.1, -0.05) is 26.2 Å². The molecule has 3 nitrogen and oxygen atoms in total. The minimum absolute atomic E-state index is 0.155. The first-order valence-electron chi connectivity index (χ1n) is 5.47. The van der Waals surface area contributed by atoms with Crippen LogP contribution in [0.4, 0.5) is 0 Å². The Hall–Kier alpha value is -0.570. The van der Waals surface area contributed by atoms with Gasteiger partial charge in [-0.2, -0.15) is 0 Å². The molecule has 0 aromatic carbocycles. The third-order valence-electron chi connectivity index (χ3n) is 3.70. The van der Waals surface area contributed by atoms with Crippen molar-refractivity contribution >= 4 is 5.97 Å². The van der Waals surface area contributed by atoms with Crippen LogP contribution < -0.4 is 0 Å². The van der Waals surface area contributed by atoms with Crippen molar-refractivity contribution in [1.29, 1.82) is 0 Å². The van der Waals surface area contributed by atoms with E-state index in [4.69, 9.17) is 5.11 Å². The Kier molecular flexibility index (Phi) is 3.53. The van der Waals surface area contributed by atoms with Crippen LogP contribution >= 0.6 is 0 Å². The first-order valence-corrected chi connectivity index (χ1v) is 5.47. The summed E-state index contributed by atoms with van der Waals surface area (Å²) in [4.78, 5) is 10.9. The summed E-state index contributed by atoms with van der Waals surface area (Å²) < 4.78 is 0. The monoisotopic (exact) mass is 200 g/mol. The SMILES string of the molecule is CCC1CCCCC1(O)C(C)C(=O)O. The topological polar surface area (TPSA) is 57.5 Å². The third kappa shape index (κ3) is 1.92. The molecular formula is C11H20O3. The van der Waals surface area contributed by atoms with E-state index in [1.807, 2.05) is 6.92 Å².